The van der Waals surface area contributed by atoms with E-state index >= 15 is 0 Å². The van der Waals surface area contributed by atoms with Crippen LogP contribution in [0.5, 0.6) is 11.5 Å². The number of hydrogen-bond donors (Lipinski definition) is 0. The van der Waals surface area contributed by atoms with Crippen molar-refractivity contribution in [3.63, 3.8) is 0 Å². The van der Waals surface area contributed by atoms with Crippen molar-refractivity contribution in [2.75, 3.05) is 13.2 Å². The average Bonchev–Trinajstić information content (AvgIpc) is 2.93. The highest BCUT2D eigenvalue weighted by molar-refractivity contribution is 6.12. The maximum Gasteiger partial charge on any atom is 0.513 e. The summed E-state index contributed by atoms with van der Waals surface area (Å²) in [5, 5.41) is 2.73. The summed E-state index contributed by atoms with van der Waals surface area (Å²) in [6.07, 6.45) is 8.22. The second kappa shape index (κ2) is 15.2. The number of fused-ring (bicyclic) bond motifs is 2. The second-order valence-electron chi connectivity index (χ2n) is 9.65. The highest BCUT2D eigenvalue weighted by Crippen LogP contribution is 2.44. The Morgan fingerprint density at radius 3 is 1.37 bits per heavy atom. The number of hydrogen-bond acceptors (Lipinski definition) is 6. The van der Waals surface area contributed by atoms with Gasteiger partial charge in [-0.05, 0) is 48.9 Å². The van der Waals surface area contributed by atoms with Crippen molar-refractivity contribution in [3.8, 4) is 11.5 Å². The smallest absolute Gasteiger partial charge is 0.434 e. The van der Waals surface area contributed by atoms with Crippen LogP contribution in [-0.4, -0.2) is 25.5 Å². The van der Waals surface area contributed by atoms with Crippen molar-refractivity contribution in [1.82, 2.24) is 0 Å². The quantitative estimate of drug-likeness (QED) is 0.0909. The third-order valence-electron chi connectivity index (χ3n) is 6.77. The van der Waals surface area contributed by atoms with Gasteiger partial charge in [-0.3, -0.25) is 0 Å². The third kappa shape index (κ3) is 7.86. The minimum absolute atomic E-state index is 0.319. The summed E-state index contributed by atoms with van der Waals surface area (Å²) >= 11 is 0. The molecule has 0 fully saturated rings. The van der Waals surface area contributed by atoms with Crippen LogP contribution in [0.3, 0.4) is 0 Å². The first-order valence-electron chi connectivity index (χ1n) is 14.2. The largest absolute Gasteiger partial charge is 0.513 e. The van der Waals surface area contributed by atoms with Gasteiger partial charge in [0, 0.05) is 21.5 Å². The van der Waals surface area contributed by atoms with Crippen LogP contribution in [0.15, 0.2) is 36.4 Å². The molecular formula is C32H42O6. The minimum Gasteiger partial charge on any atom is -0.434 e. The molecule has 0 atom stereocenters. The number of aryl methyl sites for hydroxylation is 2. The van der Waals surface area contributed by atoms with E-state index in [2.05, 4.69) is 27.7 Å². The van der Waals surface area contributed by atoms with Crippen molar-refractivity contribution < 1.29 is 28.5 Å². The maximum absolute atomic E-state index is 12.7. The Balaban J connectivity index is 2.00. The number of carbonyl (C=O) groups excluding carboxylic acids is 2. The summed E-state index contributed by atoms with van der Waals surface area (Å²) in [4.78, 5) is 25.4. The lowest BCUT2D eigenvalue weighted by atomic mass is 9.96. The van der Waals surface area contributed by atoms with Gasteiger partial charge in [0.05, 0.1) is 13.2 Å². The zero-order chi connectivity index (χ0) is 27.3. The van der Waals surface area contributed by atoms with E-state index in [0.717, 1.165) is 75.3 Å². The van der Waals surface area contributed by atoms with Gasteiger partial charge >= 0.3 is 12.3 Å². The molecule has 0 bridgehead atoms. The SMILES string of the molecule is CCCCCCOC(=O)Oc1c2ccc(CC)cc2c(OC(=O)OCCCCCC)c2cc(CC)ccc12. The van der Waals surface area contributed by atoms with Gasteiger partial charge in [-0.1, -0.05) is 90.5 Å². The molecule has 6 heteroatoms. The van der Waals surface area contributed by atoms with Crippen LogP contribution >= 0.6 is 0 Å². The monoisotopic (exact) mass is 522 g/mol. The Bertz CT molecular complexity index is 1150. The molecule has 206 valence electrons. The maximum atomic E-state index is 12.7. The van der Waals surface area contributed by atoms with Crippen molar-refractivity contribution in [2.45, 2.75) is 91.9 Å². The average molecular weight is 523 g/mol. The molecule has 6 nitrogen and oxygen atoms in total. The number of rotatable bonds is 14. The highest BCUT2D eigenvalue weighted by atomic mass is 16.7. The number of carbonyl (C=O) groups is 2. The first-order valence-corrected chi connectivity index (χ1v) is 14.2. The Kier molecular flexibility index (Phi) is 11.7. The molecule has 0 aliphatic heterocycles. The van der Waals surface area contributed by atoms with Crippen molar-refractivity contribution in [3.05, 3.63) is 47.5 Å². The van der Waals surface area contributed by atoms with Gasteiger partial charge in [0.15, 0.2) is 0 Å². The molecule has 0 heterocycles. The summed E-state index contributed by atoms with van der Waals surface area (Å²) in [7, 11) is 0. The number of benzene rings is 3. The zero-order valence-corrected chi connectivity index (χ0v) is 23.4. The Hall–Kier alpha value is -3.28. The molecule has 0 saturated carbocycles. The lowest BCUT2D eigenvalue weighted by Crippen LogP contribution is -2.14. The molecule has 0 aliphatic carbocycles. The van der Waals surface area contributed by atoms with E-state index in [9.17, 15) is 9.59 Å². The van der Waals surface area contributed by atoms with E-state index in [1.807, 2.05) is 36.4 Å². The highest BCUT2D eigenvalue weighted by Gasteiger charge is 2.22. The molecule has 0 unspecified atom stereocenters. The Labute approximate surface area is 226 Å². The fraction of sp³-hybridized carbons (Fsp3) is 0.500. The van der Waals surface area contributed by atoms with Crippen molar-refractivity contribution in [2.24, 2.45) is 0 Å². The van der Waals surface area contributed by atoms with Gasteiger partial charge < -0.3 is 18.9 Å². The molecule has 0 aliphatic rings. The van der Waals surface area contributed by atoms with E-state index in [4.69, 9.17) is 18.9 Å². The molecule has 0 spiro atoms. The van der Waals surface area contributed by atoms with Crippen LogP contribution in [0, 0.1) is 0 Å². The van der Waals surface area contributed by atoms with Crippen LogP contribution in [-0.2, 0) is 22.3 Å². The minimum atomic E-state index is -0.733. The normalized spacial score (nSPS) is 11.1. The molecule has 3 aromatic carbocycles. The van der Waals surface area contributed by atoms with E-state index in [1.54, 1.807) is 0 Å². The second-order valence-corrected chi connectivity index (χ2v) is 9.65. The first kappa shape index (κ1) is 29.3. The number of unbranched alkanes of at least 4 members (excludes halogenated alkanes) is 6. The molecule has 3 aromatic rings. The summed E-state index contributed by atoms with van der Waals surface area (Å²) in [5.74, 6) is 0.818. The standard InChI is InChI=1S/C32H42O6/c1-5-9-11-13-19-35-31(33)37-29-25-17-15-23(7-3)21-27(25)30(28-22-24(8-4)16-18-26(28)29)38-32(34)36-20-14-12-10-6-2/h15-18,21-22H,5-14,19-20H2,1-4H3. The first-order chi connectivity index (χ1) is 18.5. The fourth-order valence-corrected chi connectivity index (χ4v) is 4.50. The molecule has 0 aromatic heterocycles. The molecule has 0 radical (unpaired) electrons. The van der Waals surface area contributed by atoms with Crippen LogP contribution in [0.25, 0.3) is 21.5 Å². The van der Waals surface area contributed by atoms with Gasteiger partial charge in [-0.25, -0.2) is 9.59 Å². The van der Waals surface area contributed by atoms with Crippen molar-refractivity contribution in [1.29, 1.82) is 0 Å². The topological polar surface area (TPSA) is 71.1 Å². The summed E-state index contributed by atoms with van der Waals surface area (Å²) < 4.78 is 22.5. The van der Waals surface area contributed by atoms with E-state index in [-0.39, 0.29) is 0 Å². The van der Waals surface area contributed by atoms with Gasteiger partial charge in [0.1, 0.15) is 11.5 Å². The number of ether oxygens (including phenoxy) is 4. The molecule has 3 rings (SSSR count). The van der Waals surface area contributed by atoms with Gasteiger partial charge in [0.25, 0.3) is 0 Å². The summed E-state index contributed by atoms with van der Waals surface area (Å²) in [5.41, 5.74) is 2.15. The molecule has 38 heavy (non-hydrogen) atoms. The van der Waals surface area contributed by atoms with E-state index < -0.39 is 12.3 Å². The zero-order valence-electron chi connectivity index (χ0n) is 23.4. The molecule has 0 amide bonds. The van der Waals surface area contributed by atoms with Crippen molar-refractivity contribution >= 4 is 33.9 Å². The third-order valence-corrected chi connectivity index (χ3v) is 6.77. The van der Waals surface area contributed by atoms with Crippen LogP contribution in [0.2, 0.25) is 0 Å². The van der Waals surface area contributed by atoms with Gasteiger partial charge in [-0.15, -0.1) is 0 Å². The molecule has 0 saturated heterocycles. The predicted octanol–water partition coefficient (Wildman–Crippen LogP) is 9.31. The van der Waals surface area contributed by atoms with Crippen LogP contribution in [0.4, 0.5) is 9.59 Å². The van der Waals surface area contributed by atoms with Crippen LogP contribution < -0.4 is 9.47 Å². The molecular weight excluding hydrogens is 480 g/mol. The lowest BCUT2D eigenvalue weighted by molar-refractivity contribution is 0.0965. The Morgan fingerprint density at radius 1 is 0.553 bits per heavy atom. The molecule has 0 N–H and O–H groups in total. The van der Waals surface area contributed by atoms with Crippen LogP contribution in [0.1, 0.15) is 90.2 Å². The van der Waals surface area contributed by atoms with E-state index in [0.29, 0.717) is 46.3 Å². The fourth-order valence-electron chi connectivity index (χ4n) is 4.50. The van der Waals surface area contributed by atoms with Gasteiger partial charge in [0.2, 0.25) is 0 Å². The Morgan fingerprint density at radius 2 is 0.974 bits per heavy atom. The van der Waals surface area contributed by atoms with Gasteiger partial charge in [-0.2, -0.15) is 0 Å². The predicted molar refractivity (Wildman–Crippen MR) is 152 cm³/mol. The van der Waals surface area contributed by atoms with E-state index in [1.165, 1.54) is 0 Å². The summed E-state index contributed by atoms with van der Waals surface area (Å²) in [6, 6.07) is 11.8. The lowest BCUT2D eigenvalue weighted by Gasteiger charge is -2.17. The summed E-state index contributed by atoms with van der Waals surface area (Å²) in [6.45, 7) is 9.05.